The Bertz CT molecular complexity index is 1390. The molecule has 0 saturated carbocycles. The third-order valence-electron chi connectivity index (χ3n) is 5.14. The third kappa shape index (κ3) is 2.39. The largest absolute Gasteiger partial charge is 0.497 e. The first-order chi connectivity index (χ1) is 14.0. The number of fused-ring (bicyclic) bond motifs is 5. The predicted octanol–water partition coefficient (Wildman–Crippen LogP) is 3.79. The molecule has 1 aliphatic rings. The lowest BCUT2D eigenvalue weighted by atomic mass is 9.92. The van der Waals surface area contributed by atoms with E-state index in [2.05, 4.69) is 10.3 Å². The van der Waals surface area contributed by atoms with Gasteiger partial charge in [-0.3, -0.25) is 25.0 Å². The summed E-state index contributed by atoms with van der Waals surface area (Å²) < 4.78 is 5.29. The number of non-ortho nitro benzene ring substituents is 1. The maximum absolute atomic E-state index is 12.7. The van der Waals surface area contributed by atoms with Crippen molar-refractivity contribution in [2.24, 2.45) is 0 Å². The Kier molecular flexibility index (Phi) is 3.44. The molecule has 1 aromatic heterocycles. The standard InChI is InChI=1S/C21H13N3O5/c1-29-12-5-6-15-14(8-12)17-16(22-15)9-13(18-19(17)21(26)23-20(18)25)10-3-2-4-11(7-10)24(27)28/h2-9,22H,1H3,(H,23,25,26). The van der Waals surface area contributed by atoms with Crippen LogP contribution in [0.5, 0.6) is 5.75 Å². The van der Waals surface area contributed by atoms with Crippen molar-refractivity contribution in [1.29, 1.82) is 0 Å². The SMILES string of the molecule is COc1ccc2[nH]c3cc(-c4cccc([N+](=O)[O-])c4)c4c(c3c2c1)C(=O)NC4=O. The van der Waals surface area contributed by atoms with Gasteiger partial charge in [-0.1, -0.05) is 12.1 Å². The normalized spacial score (nSPS) is 13.0. The van der Waals surface area contributed by atoms with Crippen LogP contribution >= 0.6 is 0 Å². The topological polar surface area (TPSA) is 114 Å². The highest BCUT2D eigenvalue weighted by Crippen LogP contribution is 2.40. The van der Waals surface area contributed by atoms with E-state index in [1.165, 1.54) is 12.1 Å². The van der Waals surface area contributed by atoms with E-state index in [-0.39, 0.29) is 16.8 Å². The zero-order valence-corrected chi connectivity index (χ0v) is 15.1. The molecule has 29 heavy (non-hydrogen) atoms. The molecule has 8 nitrogen and oxygen atoms in total. The number of H-pyrrole nitrogens is 1. The average Bonchev–Trinajstić information content (AvgIpc) is 3.23. The minimum absolute atomic E-state index is 0.0949. The maximum Gasteiger partial charge on any atom is 0.270 e. The quantitative estimate of drug-likeness (QED) is 0.315. The number of nitrogens with zero attached hydrogens (tertiary/aromatic N) is 1. The fourth-order valence-electron chi connectivity index (χ4n) is 3.88. The molecule has 4 aromatic rings. The Hall–Kier alpha value is -4.20. The first kappa shape index (κ1) is 16.9. The summed E-state index contributed by atoms with van der Waals surface area (Å²) in [4.78, 5) is 39.2. The van der Waals surface area contributed by atoms with Crippen LogP contribution < -0.4 is 10.1 Å². The summed E-state index contributed by atoms with van der Waals surface area (Å²) in [5.74, 6) is -0.392. The van der Waals surface area contributed by atoms with Crippen LogP contribution in [0.4, 0.5) is 5.69 Å². The van der Waals surface area contributed by atoms with Crippen LogP contribution in [0, 0.1) is 10.1 Å². The smallest absolute Gasteiger partial charge is 0.270 e. The number of methoxy groups -OCH3 is 1. The predicted molar refractivity (Wildman–Crippen MR) is 106 cm³/mol. The number of carbonyl (C=O) groups is 2. The molecule has 0 aliphatic carbocycles. The van der Waals surface area contributed by atoms with Crippen LogP contribution in [0.2, 0.25) is 0 Å². The summed E-state index contributed by atoms with van der Waals surface area (Å²) in [5.41, 5.74) is 2.75. The number of benzene rings is 3. The molecule has 0 atom stereocenters. The van der Waals surface area contributed by atoms with Gasteiger partial charge in [-0.2, -0.15) is 0 Å². The van der Waals surface area contributed by atoms with Crippen LogP contribution in [0.1, 0.15) is 20.7 Å². The number of nitrogens with one attached hydrogen (secondary N) is 2. The van der Waals surface area contributed by atoms with E-state index in [0.717, 1.165) is 10.9 Å². The van der Waals surface area contributed by atoms with Gasteiger partial charge in [-0.25, -0.2) is 0 Å². The highest BCUT2D eigenvalue weighted by atomic mass is 16.6. The van der Waals surface area contributed by atoms with Gasteiger partial charge in [0.1, 0.15) is 5.75 Å². The number of aromatic nitrogens is 1. The van der Waals surface area contributed by atoms with Gasteiger partial charge in [0.05, 0.1) is 23.2 Å². The van der Waals surface area contributed by atoms with Crippen molar-refractivity contribution in [3.05, 3.63) is 69.8 Å². The Labute approximate surface area is 163 Å². The molecule has 2 N–H and O–H groups in total. The lowest BCUT2D eigenvalue weighted by Gasteiger charge is -2.08. The van der Waals surface area contributed by atoms with E-state index in [4.69, 9.17) is 4.74 Å². The van der Waals surface area contributed by atoms with Gasteiger partial charge in [0.15, 0.2) is 0 Å². The molecule has 0 bridgehead atoms. The molecule has 0 spiro atoms. The molecule has 142 valence electrons. The van der Waals surface area contributed by atoms with E-state index in [9.17, 15) is 19.7 Å². The minimum atomic E-state index is -0.523. The number of aromatic amines is 1. The van der Waals surface area contributed by atoms with Crippen molar-refractivity contribution in [3.8, 4) is 16.9 Å². The van der Waals surface area contributed by atoms with Gasteiger partial charge in [0, 0.05) is 33.9 Å². The number of amides is 2. The van der Waals surface area contributed by atoms with E-state index >= 15 is 0 Å². The van der Waals surface area contributed by atoms with Crippen molar-refractivity contribution in [1.82, 2.24) is 10.3 Å². The van der Waals surface area contributed by atoms with E-state index < -0.39 is 16.7 Å². The number of nitro groups is 1. The second-order valence-corrected chi connectivity index (χ2v) is 6.72. The molecular weight excluding hydrogens is 374 g/mol. The molecule has 5 rings (SSSR count). The molecular formula is C21H13N3O5. The Balaban J connectivity index is 1.90. The molecule has 1 aliphatic heterocycles. The first-order valence-corrected chi connectivity index (χ1v) is 8.75. The Morgan fingerprint density at radius 2 is 1.76 bits per heavy atom. The summed E-state index contributed by atoms with van der Waals surface area (Å²) in [6.07, 6.45) is 0. The molecule has 2 amide bonds. The Morgan fingerprint density at radius 1 is 0.966 bits per heavy atom. The van der Waals surface area contributed by atoms with Crippen LogP contribution in [0.3, 0.4) is 0 Å². The highest BCUT2D eigenvalue weighted by molar-refractivity contribution is 6.32. The zero-order chi connectivity index (χ0) is 20.3. The van der Waals surface area contributed by atoms with Crippen LogP contribution in [0.15, 0.2) is 48.5 Å². The highest BCUT2D eigenvalue weighted by Gasteiger charge is 2.34. The summed E-state index contributed by atoms with van der Waals surface area (Å²) in [7, 11) is 1.55. The van der Waals surface area contributed by atoms with E-state index in [1.807, 2.05) is 6.07 Å². The van der Waals surface area contributed by atoms with Crippen molar-refractivity contribution >= 4 is 39.3 Å². The average molecular weight is 387 g/mol. The van der Waals surface area contributed by atoms with E-state index in [1.54, 1.807) is 37.4 Å². The number of hydrogen-bond acceptors (Lipinski definition) is 5. The van der Waals surface area contributed by atoms with Gasteiger partial charge in [0.2, 0.25) is 0 Å². The molecule has 0 saturated heterocycles. The van der Waals surface area contributed by atoms with Gasteiger partial charge in [0.25, 0.3) is 17.5 Å². The second kappa shape index (κ2) is 5.90. The van der Waals surface area contributed by atoms with E-state index in [0.29, 0.717) is 27.8 Å². The van der Waals surface area contributed by atoms with Crippen molar-refractivity contribution in [2.45, 2.75) is 0 Å². The van der Waals surface area contributed by atoms with Crippen LogP contribution in [-0.2, 0) is 0 Å². The summed E-state index contributed by atoms with van der Waals surface area (Å²) in [6.45, 7) is 0. The maximum atomic E-state index is 12.7. The lowest BCUT2D eigenvalue weighted by molar-refractivity contribution is -0.384. The second-order valence-electron chi connectivity index (χ2n) is 6.72. The number of nitro benzene ring substituents is 1. The lowest BCUT2D eigenvalue weighted by Crippen LogP contribution is -2.20. The molecule has 0 unspecified atom stereocenters. The minimum Gasteiger partial charge on any atom is -0.497 e. The summed E-state index contributed by atoms with van der Waals surface area (Å²) in [6, 6.07) is 13.2. The monoisotopic (exact) mass is 387 g/mol. The summed E-state index contributed by atoms with van der Waals surface area (Å²) in [5, 5.41) is 14.9. The number of carbonyl (C=O) groups excluding carboxylic acids is 2. The van der Waals surface area contributed by atoms with Crippen LogP contribution in [-0.4, -0.2) is 28.8 Å². The molecule has 3 aromatic carbocycles. The van der Waals surface area contributed by atoms with Crippen molar-refractivity contribution in [3.63, 3.8) is 0 Å². The third-order valence-corrected chi connectivity index (χ3v) is 5.14. The molecule has 0 fully saturated rings. The van der Waals surface area contributed by atoms with Gasteiger partial charge in [-0.05, 0) is 35.4 Å². The number of hydrogen-bond donors (Lipinski definition) is 2. The van der Waals surface area contributed by atoms with Crippen molar-refractivity contribution in [2.75, 3.05) is 7.11 Å². The Morgan fingerprint density at radius 3 is 2.52 bits per heavy atom. The number of imide groups is 1. The van der Waals surface area contributed by atoms with Gasteiger partial charge >= 0.3 is 0 Å². The molecule has 8 heteroatoms. The number of ether oxygens (including phenoxy) is 1. The van der Waals surface area contributed by atoms with Crippen molar-refractivity contribution < 1.29 is 19.2 Å². The fraction of sp³-hybridized carbons (Fsp3) is 0.0476. The first-order valence-electron chi connectivity index (χ1n) is 8.75. The fourth-order valence-corrected chi connectivity index (χ4v) is 3.88. The molecule has 0 radical (unpaired) electrons. The zero-order valence-electron chi connectivity index (χ0n) is 15.1. The van der Waals surface area contributed by atoms with Crippen LogP contribution in [0.25, 0.3) is 32.9 Å². The number of rotatable bonds is 3. The van der Waals surface area contributed by atoms with Gasteiger partial charge < -0.3 is 9.72 Å². The summed E-state index contributed by atoms with van der Waals surface area (Å²) >= 11 is 0. The molecule has 2 heterocycles. The van der Waals surface area contributed by atoms with Gasteiger partial charge in [-0.15, -0.1) is 0 Å².